The van der Waals surface area contributed by atoms with Crippen molar-refractivity contribution in [2.45, 2.75) is 52.9 Å². The summed E-state index contributed by atoms with van der Waals surface area (Å²) < 4.78 is 5.45. The molecule has 0 amide bonds. The third-order valence-corrected chi connectivity index (χ3v) is 4.55. The van der Waals surface area contributed by atoms with Crippen LogP contribution in [-0.2, 0) is 9.53 Å². The van der Waals surface area contributed by atoms with Crippen molar-refractivity contribution >= 4 is 11.8 Å². The lowest BCUT2D eigenvalue weighted by atomic mass is 9.86. The predicted molar refractivity (Wildman–Crippen MR) is 105 cm³/mol. The summed E-state index contributed by atoms with van der Waals surface area (Å²) in [5.41, 5.74) is 4.20. The van der Waals surface area contributed by atoms with Crippen molar-refractivity contribution in [3.63, 3.8) is 0 Å². The van der Waals surface area contributed by atoms with E-state index in [0.29, 0.717) is 17.7 Å². The number of ketones is 1. The van der Waals surface area contributed by atoms with Crippen molar-refractivity contribution in [1.29, 1.82) is 0 Å². The van der Waals surface area contributed by atoms with Crippen LogP contribution in [-0.4, -0.2) is 18.4 Å². The minimum atomic E-state index is -0.919. The number of carbonyl (C=O) groups excluding carboxylic acids is 2. The highest BCUT2D eigenvalue weighted by Crippen LogP contribution is 2.27. The Morgan fingerprint density at radius 2 is 1.58 bits per heavy atom. The minimum Gasteiger partial charge on any atom is -0.465 e. The van der Waals surface area contributed by atoms with E-state index < -0.39 is 11.9 Å². The zero-order valence-electron chi connectivity index (χ0n) is 16.2. The van der Waals surface area contributed by atoms with Crippen LogP contribution in [0.1, 0.15) is 64.7 Å². The van der Waals surface area contributed by atoms with Crippen LogP contribution in [0.2, 0.25) is 0 Å². The van der Waals surface area contributed by atoms with Gasteiger partial charge in [0, 0.05) is 5.56 Å². The smallest absolute Gasteiger partial charge is 0.321 e. The van der Waals surface area contributed by atoms with E-state index in [-0.39, 0.29) is 5.78 Å². The second kappa shape index (κ2) is 9.33. The van der Waals surface area contributed by atoms with Crippen LogP contribution in [0.5, 0.6) is 0 Å². The van der Waals surface area contributed by atoms with Gasteiger partial charge in [-0.15, -0.1) is 0 Å². The molecule has 26 heavy (non-hydrogen) atoms. The summed E-state index contributed by atoms with van der Waals surface area (Å²) in [5, 5.41) is 0. The van der Waals surface area contributed by atoms with Crippen LogP contribution in [0.3, 0.4) is 0 Å². The molecule has 0 saturated heterocycles. The quantitative estimate of drug-likeness (QED) is 0.280. The van der Waals surface area contributed by atoms with Crippen LogP contribution < -0.4 is 0 Å². The first-order valence-corrected chi connectivity index (χ1v) is 9.29. The topological polar surface area (TPSA) is 43.4 Å². The molecule has 0 aliphatic rings. The van der Waals surface area contributed by atoms with Gasteiger partial charge in [-0.3, -0.25) is 9.59 Å². The first kappa shape index (κ1) is 19.9. The van der Waals surface area contributed by atoms with Gasteiger partial charge in [0.1, 0.15) is 5.92 Å². The Hall–Kier alpha value is -2.42. The standard InChI is InChI=1S/C23H28O3/c1-5-6-10-13-26-23(25)21(19-11-8-7-9-12-19)22(24)20-17(3)14-16(2)15-18(20)4/h7-9,11-12,14-15,21H,5-6,10,13H2,1-4H3. The highest BCUT2D eigenvalue weighted by molar-refractivity contribution is 6.14. The average molecular weight is 352 g/mol. The summed E-state index contributed by atoms with van der Waals surface area (Å²) in [6, 6.07) is 13.1. The summed E-state index contributed by atoms with van der Waals surface area (Å²) in [6.45, 7) is 8.30. The maximum absolute atomic E-state index is 13.3. The molecule has 3 nitrogen and oxygen atoms in total. The van der Waals surface area contributed by atoms with Crippen LogP contribution >= 0.6 is 0 Å². The lowest BCUT2D eigenvalue weighted by Gasteiger charge is -2.18. The van der Waals surface area contributed by atoms with E-state index in [1.807, 2.05) is 63.2 Å². The van der Waals surface area contributed by atoms with Crippen LogP contribution in [0.15, 0.2) is 42.5 Å². The molecule has 0 aliphatic carbocycles. The van der Waals surface area contributed by atoms with Crippen molar-refractivity contribution in [3.05, 3.63) is 70.3 Å². The number of benzene rings is 2. The Morgan fingerprint density at radius 3 is 2.15 bits per heavy atom. The predicted octanol–water partition coefficient (Wildman–Crippen LogP) is 5.31. The normalized spacial score (nSPS) is 11.8. The van der Waals surface area contributed by atoms with Crippen molar-refractivity contribution in [2.24, 2.45) is 0 Å². The van der Waals surface area contributed by atoms with Gasteiger partial charge in [-0.1, -0.05) is 67.8 Å². The molecule has 2 aromatic rings. The van der Waals surface area contributed by atoms with Gasteiger partial charge in [-0.2, -0.15) is 0 Å². The number of ether oxygens (including phenoxy) is 1. The molecule has 138 valence electrons. The lowest BCUT2D eigenvalue weighted by Crippen LogP contribution is -2.26. The summed E-state index contributed by atoms with van der Waals surface area (Å²) in [6.07, 6.45) is 2.88. The second-order valence-corrected chi connectivity index (χ2v) is 6.86. The van der Waals surface area contributed by atoms with Gasteiger partial charge < -0.3 is 4.74 Å². The fourth-order valence-electron chi connectivity index (χ4n) is 3.36. The fraction of sp³-hybridized carbons (Fsp3) is 0.391. The molecule has 0 spiro atoms. The molecule has 0 aromatic heterocycles. The Balaban J connectivity index is 2.35. The highest BCUT2D eigenvalue weighted by Gasteiger charge is 2.32. The van der Waals surface area contributed by atoms with Gasteiger partial charge in [-0.25, -0.2) is 0 Å². The number of esters is 1. The SMILES string of the molecule is CCCCCOC(=O)C(C(=O)c1c(C)cc(C)cc1C)c1ccccc1. The first-order chi connectivity index (χ1) is 12.5. The molecule has 0 fully saturated rings. The van der Waals surface area contributed by atoms with Crippen molar-refractivity contribution < 1.29 is 14.3 Å². The summed E-state index contributed by atoms with van der Waals surface area (Å²) in [7, 11) is 0. The summed E-state index contributed by atoms with van der Waals surface area (Å²) >= 11 is 0. The second-order valence-electron chi connectivity index (χ2n) is 6.86. The molecule has 1 atom stereocenters. The van der Waals surface area contributed by atoms with E-state index in [0.717, 1.165) is 36.0 Å². The van der Waals surface area contributed by atoms with Gasteiger partial charge >= 0.3 is 5.97 Å². The first-order valence-electron chi connectivity index (χ1n) is 9.29. The maximum atomic E-state index is 13.3. The number of carbonyl (C=O) groups is 2. The molecule has 0 radical (unpaired) electrons. The number of aryl methyl sites for hydroxylation is 3. The van der Waals surface area contributed by atoms with Crippen molar-refractivity contribution in [1.82, 2.24) is 0 Å². The molecule has 0 aliphatic heterocycles. The number of rotatable bonds is 8. The number of hydrogen-bond donors (Lipinski definition) is 0. The van der Waals surface area contributed by atoms with Crippen LogP contribution in [0, 0.1) is 20.8 Å². The molecule has 0 bridgehead atoms. The van der Waals surface area contributed by atoms with Gasteiger partial charge in [0.05, 0.1) is 6.61 Å². The van der Waals surface area contributed by atoms with Crippen molar-refractivity contribution in [3.8, 4) is 0 Å². The number of Topliss-reactive ketones (excluding diaryl/α,β-unsaturated/α-hetero) is 1. The van der Waals surface area contributed by atoms with E-state index >= 15 is 0 Å². The highest BCUT2D eigenvalue weighted by atomic mass is 16.5. The monoisotopic (exact) mass is 352 g/mol. The van der Waals surface area contributed by atoms with Gasteiger partial charge in [-0.05, 0) is 43.9 Å². The molecule has 1 unspecified atom stereocenters. The molecule has 3 heteroatoms. The van der Waals surface area contributed by atoms with E-state index in [2.05, 4.69) is 6.92 Å². The fourth-order valence-corrected chi connectivity index (χ4v) is 3.36. The third kappa shape index (κ3) is 4.81. The van der Waals surface area contributed by atoms with Crippen molar-refractivity contribution in [2.75, 3.05) is 6.61 Å². The Kier molecular flexibility index (Phi) is 7.14. The Morgan fingerprint density at radius 1 is 0.962 bits per heavy atom. The van der Waals surface area contributed by atoms with Gasteiger partial charge in [0.25, 0.3) is 0 Å². The zero-order chi connectivity index (χ0) is 19.1. The molecular weight excluding hydrogens is 324 g/mol. The third-order valence-electron chi connectivity index (χ3n) is 4.55. The van der Waals surface area contributed by atoms with E-state index in [1.165, 1.54) is 0 Å². The average Bonchev–Trinajstić information content (AvgIpc) is 2.59. The molecule has 2 aromatic carbocycles. The molecule has 0 saturated carbocycles. The molecular formula is C23H28O3. The van der Waals surface area contributed by atoms with Crippen LogP contribution in [0.4, 0.5) is 0 Å². The largest absolute Gasteiger partial charge is 0.465 e. The minimum absolute atomic E-state index is 0.188. The summed E-state index contributed by atoms with van der Waals surface area (Å²) in [5.74, 6) is -1.57. The Labute approximate surface area is 156 Å². The maximum Gasteiger partial charge on any atom is 0.321 e. The van der Waals surface area contributed by atoms with E-state index in [4.69, 9.17) is 4.74 Å². The summed E-state index contributed by atoms with van der Waals surface area (Å²) in [4.78, 5) is 26.1. The molecule has 2 rings (SSSR count). The number of hydrogen-bond acceptors (Lipinski definition) is 3. The lowest BCUT2D eigenvalue weighted by molar-refractivity contribution is -0.144. The molecule has 0 heterocycles. The molecule has 0 N–H and O–H groups in total. The van der Waals surface area contributed by atoms with E-state index in [1.54, 1.807) is 0 Å². The zero-order valence-corrected chi connectivity index (χ0v) is 16.2. The van der Waals surface area contributed by atoms with Crippen LogP contribution in [0.25, 0.3) is 0 Å². The van der Waals surface area contributed by atoms with Gasteiger partial charge in [0.15, 0.2) is 5.78 Å². The Bertz CT molecular complexity index is 739. The van der Waals surface area contributed by atoms with Gasteiger partial charge in [0.2, 0.25) is 0 Å². The number of unbranched alkanes of at least 4 members (excludes halogenated alkanes) is 2. The van der Waals surface area contributed by atoms with E-state index in [9.17, 15) is 9.59 Å².